The lowest BCUT2D eigenvalue weighted by atomic mass is 10.1. The molecule has 1 aromatic heterocycles. The van der Waals surface area contributed by atoms with Crippen LogP contribution in [0.5, 0.6) is 0 Å². The molecule has 0 saturated carbocycles. The van der Waals surface area contributed by atoms with Crippen LogP contribution in [0.15, 0.2) is 23.6 Å². The van der Waals surface area contributed by atoms with E-state index < -0.39 is 18.9 Å². The molecular weight excluding hydrogens is 317 g/mol. The number of carbonyl (C=O) groups is 1. The highest BCUT2D eigenvalue weighted by atomic mass is 35.5. The molecule has 1 aromatic carbocycles. The number of benzene rings is 1. The Morgan fingerprint density at radius 3 is 2.85 bits per heavy atom. The van der Waals surface area contributed by atoms with Crippen molar-refractivity contribution in [2.75, 3.05) is 13.3 Å². The lowest BCUT2D eigenvalue weighted by Crippen LogP contribution is -2.22. The van der Waals surface area contributed by atoms with Crippen molar-refractivity contribution in [1.29, 1.82) is 0 Å². The minimum Gasteiger partial charge on any atom is -0.369 e. The van der Waals surface area contributed by atoms with Crippen molar-refractivity contribution in [3.63, 3.8) is 0 Å². The second-order valence-corrected chi connectivity index (χ2v) is 8.40. The van der Waals surface area contributed by atoms with Crippen LogP contribution in [0, 0.1) is 0 Å². The highest BCUT2D eigenvalue weighted by Gasteiger charge is 2.37. The first kappa shape index (κ1) is 15.5. The van der Waals surface area contributed by atoms with E-state index in [1.165, 1.54) is 18.0 Å². The number of primary amides is 1. The third kappa shape index (κ3) is 2.91. The molecule has 2 atom stereocenters. The fraction of sp³-hybridized carbons (Fsp3) is 0.308. The van der Waals surface area contributed by atoms with Crippen molar-refractivity contribution in [3.05, 3.63) is 34.2 Å². The Bertz CT molecular complexity index is 700. The Morgan fingerprint density at radius 1 is 1.55 bits per heavy atom. The van der Waals surface area contributed by atoms with Crippen LogP contribution in [-0.2, 0) is 13.9 Å². The van der Waals surface area contributed by atoms with Gasteiger partial charge in [-0.1, -0.05) is 11.6 Å². The van der Waals surface area contributed by atoms with Gasteiger partial charge in [-0.05, 0) is 41.5 Å². The molecule has 108 valence electrons. The van der Waals surface area contributed by atoms with Crippen LogP contribution in [0.4, 0.5) is 0 Å². The molecule has 7 heteroatoms. The zero-order valence-corrected chi connectivity index (χ0v) is 13.6. The van der Waals surface area contributed by atoms with Crippen LogP contribution in [0.3, 0.4) is 0 Å². The molecule has 1 heterocycles. The highest BCUT2D eigenvalue weighted by molar-refractivity contribution is 7.59. The lowest BCUT2D eigenvalue weighted by Gasteiger charge is -2.21. The maximum atomic E-state index is 12.6. The maximum Gasteiger partial charge on any atom is 0.234 e. The smallest absolute Gasteiger partial charge is 0.234 e. The van der Waals surface area contributed by atoms with E-state index >= 15 is 0 Å². The van der Waals surface area contributed by atoms with E-state index in [1.54, 1.807) is 24.4 Å². The average molecular weight is 332 g/mol. The van der Waals surface area contributed by atoms with Crippen LogP contribution in [-0.4, -0.2) is 19.2 Å². The highest BCUT2D eigenvalue weighted by Crippen LogP contribution is 2.58. The minimum absolute atomic E-state index is 0.264. The second-order valence-electron chi connectivity index (χ2n) is 4.46. The SMILES string of the molecule is CCO[P@@](C)(=O)[C@@H](C(N)=O)c1csc2ccc(Cl)cc12. The fourth-order valence-corrected chi connectivity index (χ4v) is 5.28. The van der Waals surface area contributed by atoms with Crippen LogP contribution >= 0.6 is 30.3 Å². The Labute approximate surface area is 126 Å². The number of hydrogen-bond acceptors (Lipinski definition) is 4. The van der Waals surface area contributed by atoms with Gasteiger partial charge in [0.15, 0.2) is 0 Å². The van der Waals surface area contributed by atoms with Gasteiger partial charge in [0.2, 0.25) is 13.3 Å². The van der Waals surface area contributed by atoms with Crippen molar-refractivity contribution in [2.45, 2.75) is 12.6 Å². The van der Waals surface area contributed by atoms with E-state index in [0.29, 0.717) is 10.6 Å². The van der Waals surface area contributed by atoms with E-state index in [9.17, 15) is 9.36 Å². The number of hydrogen-bond donors (Lipinski definition) is 1. The van der Waals surface area contributed by atoms with Crippen molar-refractivity contribution >= 4 is 46.3 Å². The molecule has 0 saturated heterocycles. The zero-order chi connectivity index (χ0) is 14.9. The van der Waals surface area contributed by atoms with E-state index in [-0.39, 0.29) is 6.61 Å². The van der Waals surface area contributed by atoms with Gasteiger partial charge in [0.05, 0.1) is 6.61 Å². The second kappa shape index (κ2) is 5.86. The molecule has 2 rings (SSSR count). The van der Waals surface area contributed by atoms with Gasteiger partial charge in [0.25, 0.3) is 0 Å². The van der Waals surface area contributed by atoms with E-state index in [2.05, 4.69) is 0 Å². The van der Waals surface area contributed by atoms with Crippen LogP contribution < -0.4 is 5.73 Å². The predicted molar refractivity (Wildman–Crippen MR) is 83.9 cm³/mol. The van der Waals surface area contributed by atoms with Gasteiger partial charge in [-0.25, -0.2) is 0 Å². The summed E-state index contributed by atoms with van der Waals surface area (Å²) in [5.74, 6) is -0.649. The number of fused-ring (bicyclic) bond motifs is 1. The van der Waals surface area contributed by atoms with Crippen molar-refractivity contribution in [1.82, 2.24) is 0 Å². The summed E-state index contributed by atoms with van der Waals surface area (Å²) in [4.78, 5) is 11.8. The largest absolute Gasteiger partial charge is 0.369 e. The van der Waals surface area contributed by atoms with Gasteiger partial charge in [0.1, 0.15) is 5.66 Å². The van der Waals surface area contributed by atoms with E-state index in [0.717, 1.165) is 10.1 Å². The molecule has 0 aliphatic carbocycles. The first-order valence-corrected chi connectivity index (χ1v) is 9.44. The standard InChI is InChI=1S/C13H15ClNO3PS/c1-3-18-19(2,17)12(13(15)16)10-7-20-11-5-4-8(14)6-9(10)11/h4-7,12H,3H2,1-2H3,(H2,15,16)/t12-,19-/m1/s1. The molecule has 0 fully saturated rings. The van der Waals surface area contributed by atoms with Gasteiger partial charge < -0.3 is 10.3 Å². The van der Waals surface area contributed by atoms with E-state index in [4.69, 9.17) is 21.9 Å². The van der Waals surface area contributed by atoms with Gasteiger partial charge in [-0.2, -0.15) is 0 Å². The molecule has 0 aliphatic rings. The lowest BCUT2D eigenvalue weighted by molar-refractivity contribution is -0.117. The molecular formula is C13H15ClNO3PS. The van der Waals surface area contributed by atoms with Crippen molar-refractivity contribution in [2.24, 2.45) is 5.73 Å². The fourth-order valence-electron chi connectivity index (χ4n) is 2.20. The molecule has 0 spiro atoms. The third-order valence-corrected chi connectivity index (χ3v) is 6.44. The number of halogens is 1. The number of rotatable bonds is 5. The summed E-state index contributed by atoms with van der Waals surface area (Å²) < 4.78 is 18.9. The molecule has 2 N–H and O–H groups in total. The number of carbonyl (C=O) groups excluding carboxylic acids is 1. The van der Waals surface area contributed by atoms with Gasteiger partial charge in [-0.3, -0.25) is 9.36 Å². The summed E-state index contributed by atoms with van der Waals surface area (Å²) in [6, 6.07) is 5.40. The number of thiophene rings is 1. The van der Waals surface area contributed by atoms with Crippen molar-refractivity contribution in [3.8, 4) is 0 Å². The molecule has 0 aliphatic heterocycles. The molecule has 4 nitrogen and oxygen atoms in total. The van der Waals surface area contributed by atoms with E-state index in [1.807, 2.05) is 6.07 Å². The van der Waals surface area contributed by atoms with Crippen LogP contribution in [0.1, 0.15) is 18.1 Å². The minimum atomic E-state index is -3.18. The summed E-state index contributed by atoms with van der Waals surface area (Å²) >= 11 is 7.45. The third-order valence-electron chi connectivity index (χ3n) is 2.98. The van der Waals surface area contributed by atoms with Crippen molar-refractivity contribution < 1.29 is 13.9 Å². The average Bonchev–Trinajstić information content (AvgIpc) is 2.71. The summed E-state index contributed by atoms with van der Waals surface area (Å²) in [6.07, 6.45) is 0. The number of amides is 1. The Balaban J connectivity index is 2.61. The monoisotopic (exact) mass is 331 g/mol. The van der Waals surface area contributed by atoms with Gasteiger partial charge >= 0.3 is 0 Å². The summed E-state index contributed by atoms with van der Waals surface area (Å²) in [5, 5.41) is 3.15. The quantitative estimate of drug-likeness (QED) is 0.841. The summed E-state index contributed by atoms with van der Waals surface area (Å²) in [6.45, 7) is 3.44. The first-order chi connectivity index (χ1) is 9.36. The molecule has 1 amide bonds. The molecule has 0 bridgehead atoms. The van der Waals surface area contributed by atoms with Gasteiger partial charge in [-0.15, -0.1) is 11.3 Å². The maximum absolute atomic E-state index is 12.6. The summed E-state index contributed by atoms with van der Waals surface area (Å²) in [7, 11) is -3.18. The number of nitrogens with two attached hydrogens (primary N) is 1. The normalized spacial score (nSPS) is 15.9. The summed E-state index contributed by atoms with van der Waals surface area (Å²) in [5.41, 5.74) is 5.13. The van der Waals surface area contributed by atoms with Crippen LogP contribution in [0.25, 0.3) is 10.1 Å². The Morgan fingerprint density at radius 2 is 2.25 bits per heavy atom. The molecule has 0 unspecified atom stereocenters. The van der Waals surface area contributed by atoms with Gasteiger partial charge in [0, 0.05) is 16.4 Å². The topological polar surface area (TPSA) is 69.4 Å². The zero-order valence-electron chi connectivity index (χ0n) is 11.1. The predicted octanol–water partition coefficient (Wildman–Crippen LogP) is 4.03. The van der Waals surface area contributed by atoms with Crippen LogP contribution in [0.2, 0.25) is 5.02 Å². The first-order valence-electron chi connectivity index (χ1n) is 6.04. The molecule has 0 radical (unpaired) electrons. The Hall–Kier alpha value is -0.870. The molecule has 2 aromatic rings. The molecule has 20 heavy (non-hydrogen) atoms. The Kier molecular flexibility index (Phi) is 4.55.